The number of rotatable bonds is 4. The third kappa shape index (κ3) is 4.28. The molecule has 1 aliphatic rings. The van der Waals surface area contributed by atoms with E-state index in [1.165, 1.54) is 5.57 Å². The highest BCUT2D eigenvalue weighted by Crippen LogP contribution is 2.21. The van der Waals surface area contributed by atoms with Gasteiger partial charge in [-0.05, 0) is 36.6 Å². The number of hydrogen-bond acceptors (Lipinski definition) is 4. The summed E-state index contributed by atoms with van der Waals surface area (Å²) in [5.41, 5.74) is 4.44. The van der Waals surface area contributed by atoms with Crippen LogP contribution in [0.4, 0.5) is 0 Å². The van der Waals surface area contributed by atoms with Crippen molar-refractivity contribution in [2.75, 3.05) is 19.7 Å². The zero-order valence-electron chi connectivity index (χ0n) is 11.1. The highest BCUT2D eigenvalue weighted by molar-refractivity contribution is 5.85. The number of aliphatic hydroxyl groups excluding tert-OH is 2. The van der Waals surface area contributed by atoms with Gasteiger partial charge >= 0.3 is 0 Å². The van der Waals surface area contributed by atoms with Crippen LogP contribution >= 0.6 is 12.4 Å². The van der Waals surface area contributed by atoms with Crippen molar-refractivity contribution in [3.05, 3.63) is 35.2 Å². The summed E-state index contributed by atoms with van der Waals surface area (Å²) >= 11 is 0. The van der Waals surface area contributed by atoms with E-state index in [2.05, 4.69) is 16.4 Å². The number of nitrogens with one attached hydrogen (secondary N) is 1. The van der Waals surface area contributed by atoms with E-state index in [-0.39, 0.29) is 19.0 Å². The lowest BCUT2D eigenvalue weighted by Gasteiger charge is -2.16. The highest BCUT2D eigenvalue weighted by Gasteiger charge is 2.11. The summed E-state index contributed by atoms with van der Waals surface area (Å²) in [6, 6.07) is 2.05. The molecule has 106 valence electrons. The second-order valence-corrected chi connectivity index (χ2v) is 4.73. The van der Waals surface area contributed by atoms with Crippen LogP contribution in [0.3, 0.4) is 0 Å². The van der Waals surface area contributed by atoms with Gasteiger partial charge in [0.1, 0.15) is 0 Å². The number of hydrogen-bond donors (Lipinski definition) is 3. The Kier molecular flexibility index (Phi) is 6.45. The second kappa shape index (κ2) is 7.60. The summed E-state index contributed by atoms with van der Waals surface area (Å²) in [7, 11) is 0. The molecule has 2 rings (SSSR count). The molecule has 0 bridgehead atoms. The van der Waals surface area contributed by atoms with Crippen LogP contribution < -0.4 is 5.32 Å². The first-order chi connectivity index (χ1) is 8.70. The predicted molar refractivity (Wildman–Crippen MR) is 78.5 cm³/mol. The second-order valence-electron chi connectivity index (χ2n) is 4.73. The Morgan fingerprint density at radius 2 is 2.26 bits per heavy atom. The summed E-state index contributed by atoms with van der Waals surface area (Å²) in [5, 5.41) is 21.5. The zero-order valence-corrected chi connectivity index (χ0v) is 11.9. The van der Waals surface area contributed by atoms with Crippen molar-refractivity contribution in [1.29, 1.82) is 0 Å². The number of nitrogens with zero attached hydrogens (tertiary/aromatic N) is 1. The molecule has 19 heavy (non-hydrogen) atoms. The minimum Gasteiger partial charge on any atom is -0.394 e. The molecule has 0 saturated heterocycles. The zero-order chi connectivity index (χ0) is 13.0. The molecule has 1 unspecified atom stereocenters. The fourth-order valence-electron chi connectivity index (χ4n) is 2.26. The van der Waals surface area contributed by atoms with Crippen molar-refractivity contribution in [2.45, 2.75) is 25.9 Å². The number of halogens is 1. The molecule has 0 saturated carbocycles. The quantitative estimate of drug-likeness (QED) is 0.774. The first kappa shape index (κ1) is 16.1. The average Bonchev–Trinajstić information content (AvgIpc) is 2.40. The summed E-state index contributed by atoms with van der Waals surface area (Å²) in [4.78, 5) is 4.50. The van der Waals surface area contributed by atoms with Crippen molar-refractivity contribution < 1.29 is 10.2 Å². The fraction of sp³-hybridized carbons (Fsp3) is 0.500. The van der Waals surface area contributed by atoms with Crippen LogP contribution in [0, 0.1) is 6.92 Å². The number of pyridine rings is 1. The van der Waals surface area contributed by atoms with Crippen LogP contribution in [0.1, 0.15) is 23.2 Å². The SMILES string of the molecule is Cc1cc(CC(O)CO)cnc1C1=CCNCC1.Cl. The lowest BCUT2D eigenvalue weighted by Crippen LogP contribution is -2.20. The van der Waals surface area contributed by atoms with Gasteiger partial charge in [-0.2, -0.15) is 0 Å². The maximum atomic E-state index is 9.42. The van der Waals surface area contributed by atoms with E-state index in [0.29, 0.717) is 6.42 Å². The maximum Gasteiger partial charge on any atom is 0.0811 e. The molecular formula is C14H21ClN2O2. The normalized spacial score (nSPS) is 16.5. The minimum atomic E-state index is -0.699. The maximum absolute atomic E-state index is 9.42. The molecule has 2 heterocycles. The molecule has 5 heteroatoms. The Morgan fingerprint density at radius 1 is 1.47 bits per heavy atom. The van der Waals surface area contributed by atoms with Crippen LogP contribution in [-0.4, -0.2) is 41.0 Å². The third-order valence-corrected chi connectivity index (χ3v) is 3.19. The fourth-order valence-corrected chi connectivity index (χ4v) is 2.26. The van der Waals surface area contributed by atoms with Crippen molar-refractivity contribution >= 4 is 18.0 Å². The van der Waals surface area contributed by atoms with Crippen LogP contribution in [0.5, 0.6) is 0 Å². The summed E-state index contributed by atoms with van der Waals surface area (Å²) in [6.07, 6.45) is 4.73. The first-order valence-electron chi connectivity index (χ1n) is 6.35. The monoisotopic (exact) mass is 284 g/mol. The van der Waals surface area contributed by atoms with Gasteiger partial charge in [0.25, 0.3) is 0 Å². The standard InChI is InChI=1S/C14H20N2O2.ClH/c1-10-6-11(7-13(18)9-17)8-16-14(10)12-2-4-15-5-3-12;/h2,6,8,13,15,17-18H,3-5,7,9H2,1H3;1H. The molecule has 1 atom stereocenters. The van der Waals surface area contributed by atoms with E-state index in [1.807, 2.05) is 13.0 Å². The molecule has 0 aliphatic carbocycles. The van der Waals surface area contributed by atoms with Crippen molar-refractivity contribution in [1.82, 2.24) is 10.3 Å². The minimum absolute atomic E-state index is 0. The highest BCUT2D eigenvalue weighted by atomic mass is 35.5. The van der Waals surface area contributed by atoms with Crippen LogP contribution in [0.15, 0.2) is 18.3 Å². The van der Waals surface area contributed by atoms with Crippen LogP contribution in [0.25, 0.3) is 5.57 Å². The molecule has 0 aromatic carbocycles. The molecule has 4 nitrogen and oxygen atoms in total. The van der Waals surface area contributed by atoms with Gasteiger partial charge in [-0.1, -0.05) is 12.1 Å². The van der Waals surface area contributed by atoms with Gasteiger partial charge in [0.2, 0.25) is 0 Å². The molecule has 0 fully saturated rings. The van der Waals surface area contributed by atoms with Gasteiger partial charge in [-0.25, -0.2) is 0 Å². The lowest BCUT2D eigenvalue weighted by molar-refractivity contribution is 0.0954. The van der Waals surface area contributed by atoms with Gasteiger partial charge < -0.3 is 15.5 Å². The largest absolute Gasteiger partial charge is 0.394 e. The Balaban J connectivity index is 0.00000180. The van der Waals surface area contributed by atoms with Gasteiger partial charge in [0, 0.05) is 19.2 Å². The topological polar surface area (TPSA) is 65.4 Å². The van der Waals surface area contributed by atoms with Crippen molar-refractivity contribution in [3.8, 4) is 0 Å². The molecule has 1 aromatic heterocycles. The number of aliphatic hydroxyl groups is 2. The number of aryl methyl sites for hydroxylation is 1. The van der Waals surface area contributed by atoms with E-state index in [9.17, 15) is 5.11 Å². The first-order valence-corrected chi connectivity index (χ1v) is 6.35. The Hall–Kier alpha value is -0.940. The molecular weight excluding hydrogens is 264 g/mol. The van der Waals surface area contributed by atoms with Crippen LogP contribution in [-0.2, 0) is 6.42 Å². The molecule has 1 aliphatic heterocycles. The Bertz CT molecular complexity index is 449. The van der Waals surface area contributed by atoms with Crippen molar-refractivity contribution in [3.63, 3.8) is 0 Å². The molecule has 0 spiro atoms. The van der Waals surface area contributed by atoms with Gasteiger partial charge in [-0.3, -0.25) is 4.98 Å². The molecule has 0 radical (unpaired) electrons. The lowest BCUT2D eigenvalue weighted by atomic mass is 9.99. The van der Waals surface area contributed by atoms with Crippen molar-refractivity contribution in [2.24, 2.45) is 0 Å². The van der Waals surface area contributed by atoms with Crippen LogP contribution in [0.2, 0.25) is 0 Å². The molecule has 3 N–H and O–H groups in total. The van der Waals surface area contributed by atoms with Gasteiger partial charge in [0.05, 0.1) is 18.4 Å². The predicted octanol–water partition coefficient (Wildman–Crippen LogP) is 1.08. The number of aromatic nitrogens is 1. The summed E-state index contributed by atoms with van der Waals surface area (Å²) < 4.78 is 0. The third-order valence-electron chi connectivity index (χ3n) is 3.19. The molecule has 0 amide bonds. The summed E-state index contributed by atoms with van der Waals surface area (Å²) in [6.45, 7) is 3.73. The average molecular weight is 285 g/mol. The Morgan fingerprint density at radius 3 is 2.84 bits per heavy atom. The van der Waals surface area contributed by atoms with Gasteiger partial charge in [0.15, 0.2) is 0 Å². The molecule has 1 aromatic rings. The Labute approximate surface area is 120 Å². The van der Waals surface area contributed by atoms with E-state index in [1.54, 1.807) is 6.20 Å². The summed E-state index contributed by atoms with van der Waals surface area (Å²) in [5.74, 6) is 0. The van der Waals surface area contributed by atoms with E-state index in [4.69, 9.17) is 5.11 Å². The van der Waals surface area contributed by atoms with E-state index < -0.39 is 6.10 Å². The van der Waals surface area contributed by atoms with Gasteiger partial charge in [-0.15, -0.1) is 12.4 Å². The smallest absolute Gasteiger partial charge is 0.0811 e. The van der Waals surface area contributed by atoms with E-state index in [0.717, 1.165) is 36.3 Å². The van der Waals surface area contributed by atoms with E-state index >= 15 is 0 Å².